The molecule has 0 spiro atoms. The lowest BCUT2D eigenvalue weighted by Crippen LogP contribution is -2.35. The molecular formula is C5H8F4O4S. The van der Waals surface area contributed by atoms with Gasteiger partial charge in [0.2, 0.25) is 0 Å². The molecule has 0 unspecified atom stereocenters. The number of alkyl halides is 4. The highest BCUT2D eigenvalue weighted by molar-refractivity contribution is 7.86. The fraction of sp³-hybridized carbons (Fsp3) is 1.00. The zero-order valence-electron chi connectivity index (χ0n) is 7.01. The van der Waals surface area contributed by atoms with Crippen LogP contribution >= 0.6 is 0 Å². The molecule has 0 saturated carbocycles. The van der Waals surface area contributed by atoms with E-state index in [4.69, 9.17) is 4.55 Å². The number of hydrogen-bond acceptors (Lipinski definition) is 3. The molecule has 0 heterocycles. The van der Waals surface area contributed by atoms with E-state index in [0.717, 1.165) is 0 Å². The van der Waals surface area contributed by atoms with Crippen molar-refractivity contribution < 1.29 is 35.3 Å². The van der Waals surface area contributed by atoms with Gasteiger partial charge in [-0.3, -0.25) is 4.55 Å². The third kappa shape index (κ3) is 4.72. The Morgan fingerprint density at radius 2 is 1.64 bits per heavy atom. The summed E-state index contributed by atoms with van der Waals surface area (Å²) in [5.41, 5.74) is 0. The van der Waals surface area contributed by atoms with E-state index in [-0.39, 0.29) is 0 Å². The molecule has 14 heavy (non-hydrogen) atoms. The van der Waals surface area contributed by atoms with Crippen molar-refractivity contribution in [2.75, 3.05) is 13.2 Å². The normalized spacial score (nSPS) is 14.4. The minimum atomic E-state index is -5.62. The zero-order chi connectivity index (χ0) is 11.6. The second-order valence-corrected chi connectivity index (χ2v) is 4.22. The second-order valence-electron chi connectivity index (χ2n) is 2.68. The first-order valence-corrected chi connectivity index (χ1v) is 4.70. The summed E-state index contributed by atoms with van der Waals surface area (Å²) in [7, 11) is -5.62. The standard InChI is InChI=1S/C5H8F4O4S/c1-4(6,7)2-13-3-5(8,9)14(10,11)12/h2-3H2,1H3,(H,10,11,12). The Bertz CT molecular complexity index is 281. The predicted octanol–water partition coefficient (Wildman–Crippen LogP) is 1.14. The third-order valence-electron chi connectivity index (χ3n) is 1.00. The highest BCUT2D eigenvalue weighted by Crippen LogP contribution is 2.21. The van der Waals surface area contributed by atoms with E-state index in [0.29, 0.717) is 6.92 Å². The monoisotopic (exact) mass is 240 g/mol. The number of rotatable bonds is 5. The van der Waals surface area contributed by atoms with E-state index < -0.39 is 34.5 Å². The second kappa shape index (κ2) is 3.99. The molecule has 0 radical (unpaired) electrons. The zero-order valence-corrected chi connectivity index (χ0v) is 7.82. The molecule has 9 heteroatoms. The number of ether oxygens (including phenoxy) is 1. The lowest BCUT2D eigenvalue weighted by atomic mass is 10.4. The van der Waals surface area contributed by atoms with Crippen LogP contribution in [-0.4, -0.2) is 37.4 Å². The Hall–Kier alpha value is -0.410. The molecule has 0 rings (SSSR count). The molecule has 0 aromatic rings. The van der Waals surface area contributed by atoms with Crippen LogP contribution in [0.5, 0.6) is 0 Å². The summed E-state index contributed by atoms with van der Waals surface area (Å²) in [5.74, 6) is -3.34. The Morgan fingerprint density at radius 1 is 1.21 bits per heavy atom. The van der Waals surface area contributed by atoms with Gasteiger partial charge in [-0.15, -0.1) is 0 Å². The van der Waals surface area contributed by atoms with Crippen molar-refractivity contribution >= 4 is 10.1 Å². The summed E-state index contributed by atoms with van der Waals surface area (Å²) in [6.45, 7) is -2.74. The molecule has 0 fully saturated rings. The number of halogens is 4. The van der Waals surface area contributed by atoms with Crippen LogP contribution in [0, 0.1) is 0 Å². The molecule has 86 valence electrons. The molecule has 1 N–H and O–H groups in total. The van der Waals surface area contributed by atoms with Crippen molar-refractivity contribution in [2.24, 2.45) is 0 Å². The molecule has 0 aliphatic heterocycles. The molecule has 0 amide bonds. The summed E-state index contributed by atoms with van der Waals surface area (Å²) < 4.78 is 80.2. The van der Waals surface area contributed by atoms with E-state index >= 15 is 0 Å². The maximum absolute atomic E-state index is 12.3. The van der Waals surface area contributed by atoms with Crippen LogP contribution < -0.4 is 0 Å². The summed E-state index contributed by atoms with van der Waals surface area (Å²) in [4.78, 5) is 0. The average Bonchev–Trinajstić information content (AvgIpc) is 1.80. The third-order valence-corrected chi connectivity index (χ3v) is 1.88. The van der Waals surface area contributed by atoms with Gasteiger partial charge in [0.25, 0.3) is 5.92 Å². The van der Waals surface area contributed by atoms with Crippen LogP contribution in [0.3, 0.4) is 0 Å². The van der Waals surface area contributed by atoms with Gasteiger partial charge in [0.15, 0.2) is 0 Å². The molecule has 0 bridgehead atoms. The lowest BCUT2D eigenvalue weighted by Gasteiger charge is -2.15. The maximum atomic E-state index is 12.3. The first-order valence-electron chi connectivity index (χ1n) is 3.26. The Kier molecular flexibility index (Phi) is 3.87. The summed E-state index contributed by atoms with van der Waals surface area (Å²) in [6, 6.07) is 0. The van der Waals surface area contributed by atoms with Crippen LogP contribution in [0.25, 0.3) is 0 Å². The molecular weight excluding hydrogens is 232 g/mol. The molecule has 0 aromatic heterocycles. The topological polar surface area (TPSA) is 63.6 Å². The Balaban J connectivity index is 4.16. The highest BCUT2D eigenvalue weighted by Gasteiger charge is 2.44. The molecule has 0 atom stereocenters. The van der Waals surface area contributed by atoms with E-state index in [1.807, 2.05) is 0 Å². The van der Waals surface area contributed by atoms with Crippen LogP contribution in [-0.2, 0) is 14.9 Å². The van der Waals surface area contributed by atoms with Crippen molar-refractivity contribution in [2.45, 2.75) is 18.1 Å². The van der Waals surface area contributed by atoms with Gasteiger partial charge >= 0.3 is 15.4 Å². The molecule has 0 aromatic carbocycles. The van der Waals surface area contributed by atoms with Gasteiger partial charge in [-0.1, -0.05) is 0 Å². The van der Waals surface area contributed by atoms with Crippen molar-refractivity contribution in [1.82, 2.24) is 0 Å². The van der Waals surface area contributed by atoms with Crippen molar-refractivity contribution in [3.8, 4) is 0 Å². The summed E-state index contributed by atoms with van der Waals surface area (Å²) in [5, 5.41) is -4.57. The van der Waals surface area contributed by atoms with Gasteiger partial charge in [0, 0.05) is 6.92 Å². The summed E-state index contributed by atoms with van der Waals surface area (Å²) >= 11 is 0. The SMILES string of the molecule is CC(F)(F)COCC(F)(F)S(=O)(=O)O. The van der Waals surface area contributed by atoms with Crippen molar-refractivity contribution in [3.63, 3.8) is 0 Å². The van der Waals surface area contributed by atoms with Crippen molar-refractivity contribution in [3.05, 3.63) is 0 Å². The minimum Gasteiger partial charge on any atom is -0.368 e. The average molecular weight is 240 g/mol. The fourth-order valence-corrected chi connectivity index (χ4v) is 0.656. The lowest BCUT2D eigenvalue weighted by molar-refractivity contribution is -0.0959. The van der Waals surface area contributed by atoms with E-state index in [2.05, 4.69) is 4.74 Å². The fourth-order valence-electron chi connectivity index (χ4n) is 0.424. The first-order chi connectivity index (χ1) is 5.96. The Morgan fingerprint density at radius 3 is 1.93 bits per heavy atom. The first kappa shape index (κ1) is 13.6. The molecule has 0 aliphatic rings. The molecule has 0 aliphatic carbocycles. The van der Waals surface area contributed by atoms with Gasteiger partial charge in [-0.05, 0) is 0 Å². The predicted molar refractivity (Wildman–Crippen MR) is 37.9 cm³/mol. The molecule has 4 nitrogen and oxygen atoms in total. The van der Waals surface area contributed by atoms with Gasteiger partial charge < -0.3 is 4.74 Å². The number of hydrogen-bond donors (Lipinski definition) is 1. The van der Waals surface area contributed by atoms with E-state index in [1.54, 1.807) is 0 Å². The minimum absolute atomic E-state index is 0.415. The Labute approximate surface area is 77.6 Å². The van der Waals surface area contributed by atoms with Crippen molar-refractivity contribution in [1.29, 1.82) is 0 Å². The van der Waals surface area contributed by atoms with Gasteiger partial charge in [0.1, 0.15) is 13.2 Å². The van der Waals surface area contributed by atoms with E-state index in [1.165, 1.54) is 0 Å². The van der Waals surface area contributed by atoms with Gasteiger partial charge in [0.05, 0.1) is 0 Å². The molecule has 0 saturated heterocycles. The van der Waals surface area contributed by atoms with Crippen LogP contribution in [0.2, 0.25) is 0 Å². The largest absolute Gasteiger partial charge is 0.392 e. The highest BCUT2D eigenvalue weighted by atomic mass is 32.2. The maximum Gasteiger partial charge on any atom is 0.392 e. The van der Waals surface area contributed by atoms with Gasteiger partial charge in [-0.25, -0.2) is 8.78 Å². The quantitative estimate of drug-likeness (QED) is 0.578. The van der Waals surface area contributed by atoms with Crippen LogP contribution in [0.15, 0.2) is 0 Å². The van der Waals surface area contributed by atoms with Crippen LogP contribution in [0.1, 0.15) is 6.92 Å². The van der Waals surface area contributed by atoms with Gasteiger partial charge in [-0.2, -0.15) is 17.2 Å². The smallest absolute Gasteiger partial charge is 0.368 e. The van der Waals surface area contributed by atoms with E-state index in [9.17, 15) is 26.0 Å². The summed E-state index contributed by atoms with van der Waals surface area (Å²) in [6.07, 6.45) is 0. The van der Waals surface area contributed by atoms with Crippen LogP contribution in [0.4, 0.5) is 17.6 Å².